The molecule has 0 spiro atoms. The van der Waals surface area contributed by atoms with Crippen molar-refractivity contribution >= 4 is 23.5 Å². The minimum atomic E-state index is -0.470. The summed E-state index contributed by atoms with van der Waals surface area (Å²) < 4.78 is 29.0. The first-order valence-electron chi connectivity index (χ1n) is 22.5. The highest BCUT2D eigenvalue weighted by Crippen LogP contribution is 2.29. The molecule has 4 heterocycles. The highest BCUT2D eigenvalue weighted by molar-refractivity contribution is 5.97. The summed E-state index contributed by atoms with van der Waals surface area (Å²) in [6, 6.07) is 34.2. The van der Waals surface area contributed by atoms with Gasteiger partial charge in [-0.1, -0.05) is 66.4 Å². The van der Waals surface area contributed by atoms with Crippen LogP contribution in [0.15, 0.2) is 109 Å². The number of esters is 1. The number of rotatable bonds is 10. The summed E-state index contributed by atoms with van der Waals surface area (Å²) in [7, 11) is 1.34. The summed E-state index contributed by atoms with van der Waals surface area (Å²) in [5, 5.41) is 2.96. The Hall–Kier alpha value is -6.31. The van der Waals surface area contributed by atoms with E-state index < -0.39 is 5.97 Å². The maximum Gasteiger partial charge on any atom is 0.356 e. The lowest BCUT2D eigenvalue weighted by Gasteiger charge is -2.32. The third kappa shape index (κ3) is 13.6. The van der Waals surface area contributed by atoms with Crippen molar-refractivity contribution in [3.63, 3.8) is 0 Å². The van der Waals surface area contributed by atoms with Crippen LogP contribution in [0.25, 0.3) is 0 Å². The second-order valence-electron chi connectivity index (χ2n) is 15.9. The Morgan fingerprint density at radius 3 is 2.03 bits per heavy atom. The standard InChI is InChI=1S/C52H58N6O8/c1-39-9-7-14-46(54-39)50(57-27-31-65-35-33-63-29-25-56(26-30-64-34-36-66-32-28-57)38-45-13-8-15-47(55-45)52(61)62-2)42-19-21-43(22-20-42)51(60)53-24-23-49(59)58-37-44-12-4-3-10-40(44)17-18-41-11-5-6-16-48(41)58/h3-16,19-22,50H,23-38H2,1-2H3,(H,53,60). The van der Waals surface area contributed by atoms with Gasteiger partial charge in [0, 0.05) is 68.1 Å². The Morgan fingerprint density at radius 1 is 0.697 bits per heavy atom. The molecule has 2 amide bonds. The van der Waals surface area contributed by atoms with Crippen molar-refractivity contribution < 1.29 is 38.1 Å². The number of fused-ring (bicyclic) bond motifs is 2. The summed E-state index contributed by atoms with van der Waals surface area (Å²) in [6.07, 6.45) is 0.124. The van der Waals surface area contributed by atoms with E-state index in [9.17, 15) is 14.4 Å². The number of carbonyl (C=O) groups is 3. The van der Waals surface area contributed by atoms with Crippen LogP contribution in [0.1, 0.15) is 72.6 Å². The molecule has 0 aliphatic carbocycles. The van der Waals surface area contributed by atoms with Crippen molar-refractivity contribution in [3.05, 3.63) is 160 Å². The van der Waals surface area contributed by atoms with Gasteiger partial charge in [0.2, 0.25) is 5.91 Å². The number of aromatic nitrogens is 2. The average Bonchev–Trinajstić information content (AvgIpc) is 3.33. The summed E-state index contributed by atoms with van der Waals surface area (Å²) >= 11 is 0. The Morgan fingerprint density at radius 2 is 1.33 bits per heavy atom. The molecule has 2 aromatic heterocycles. The molecule has 1 saturated heterocycles. The Labute approximate surface area is 387 Å². The zero-order chi connectivity index (χ0) is 45.9. The lowest BCUT2D eigenvalue weighted by Crippen LogP contribution is -2.36. The van der Waals surface area contributed by atoms with Crippen molar-refractivity contribution in [3.8, 4) is 11.8 Å². The maximum atomic E-state index is 13.8. The first kappa shape index (κ1) is 47.6. The first-order valence-corrected chi connectivity index (χ1v) is 22.5. The van der Waals surface area contributed by atoms with E-state index in [0.29, 0.717) is 97.7 Å². The molecule has 14 nitrogen and oxygen atoms in total. The molecule has 1 fully saturated rings. The number of benzene rings is 3. The van der Waals surface area contributed by atoms with E-state index in [2.05, 4.69) is 31.9 Å². The van der Waals surface area contributed by atoms with E-state index >= 15 is 0 Å². The average molecular weight is 895 g/mol. The molecule has 3 aromatic carbocycles. The van der Waals surface area contributed by atoms with E-state index in [4.69, 9.17) is 28.7 Å². The minimum Gasteiger partial charge on any atom is -0.464 e. The summed E-state index contributed by atoms with van der Waals surface area (Å²) in [4.78, 5) is 54.9. The number of nitrogens with one attached hydrogen (secondary N) is 1. The normalized spacial score (nSPS) is 16.4. The first-order chi connectivity index (χ1) is 32.4. The number of hydrogen-bond acceptors (Lipinski definition) is 12. The van der Waals surface area contributed by atoms with Crippen LogP contribution in [0.4, 0.5) is 5.69 Å². The molecule has 1 unspecified atom stereocenters. The van der Waals surface area contributed by atoms with Crippen LogP contribution >= 0.6 is 0 Å². The van der Waals surface area contributed by atoms with Gasteiger partial charge in [0.15, 0.2) is 0 Å². The zero-order valence-corrected chi connectivity index (χ0v) is 37.8. The molecule has 1 N–H and O–H groups in total. The third-order valence-electron chi connectivity index (χ3n) is 11.3. The fourth-order valence-electron chi connectivity index (χ4n) is 7.88. The van der Waals surface area contributed by atoms with E-state index in [1.165, 1.54) is 7.11 Å². The monoisotopic (exact) mass is 894 g/mol. The minimum absolute atomic E-state index is 0.102. The maximum absolute atomic E-state index is 13.8. The van der Waals surface area contributed by atoms with Gasteiger partial charge in [-0.05, 0) is 72.6 Å². The van der Waals surface area contributed by atoms with Gasteiger partial charge in [0.25, 0.3) is 5.91 Å². The Bertz CT molecular complexity index is 2430. The molecule has 7 rings (SSSR count). The van der Waals surface area contributed by atoms with Crippen molar-refractivity contribution in [2.45, 2.75) is 32.5 Å². The highest BCUT2D eigenvalue weighted by Gasteiger charge is 2.25. The molecular weight excluding hydrogens is 837 g/mol. The molecule has 344 valence electrons. The number of pyridine rings is 2. The molecule has 0 bridgehead atoms. The van der Waals surface area contributed by atoms with Crippen LogP contribution < -0.4 is 10.2 Å². The van der Waals surface area contributed by atoms with Crippen LogP contribution in [0.5, 0.6) is 0 Å². The van der Waals surface area contributed by atoms with E-state index in [-0.39, 0.29) is 36.5 Å². The van der Waals surface area contributed by atoms with Gasteiger partial charge in [-0.15, -0.1) is 0 Å². The van der Waals surface area contributed by atoms with Crippen molar-refractivity contribution in [1.29, 1.82) is 0 Å². The third-order valence-corrected chi connectivity index (χ3v) is 11.3. The number of para-hydroxylation sites is 1. The van der Waals surface area contributed by atoms with E-state index in [0.717, 1.165) is 45.0 Å². The van der Waals surface area contributed by atoms with Crippen LogP contribution in [0.2, 0.25) is 0 Å². The summed E-state index contributed by atoms with van der Waals surface area (Å²) in [6.45, 7) is 9.11. The number of ether oxygens (including phenoxy) is 5. The SMILES string of the molecule is COC(=O)c1cccc(CN2CCOCCOCCN(C(c3ccc(C(=O)NCCC(=O)N4Cc5ccccc5C#Cc5ccccc54)cc3)c3cccc(C)n3)CCOCCOCC2)n1. The molecule has 1 atom stereocenters. The largest absolute Gasteiger partial charge is 0.464 e. The number of methoxy groups -OCH3 is 1. The summed E-state index contributed by atoms with van der Waals surface area (Å²) in [5.74, 6) is 5.65. The van der Waals surface area contributed by atoms with Crippen LogP contribution in [-0.2, 0) is 41.6 Å². The molecule has 5 aromatic rings. The molecule has 14 heteroatoms. The zero-order valence-electron chi connectivity index (χ0n) is 37.8. The van der Waals surface area contributed by atoms with Crippen LogP contribution in [0, 0.1) is 18.8 Å². The van der Waals surface area contributed by atoms with Crippen molar-refractivity contribution in [2.75, 3.05) is 97.6 Å². The smallest absolute Gasteiger partial charge is 0.356 e. The van der Waals surface area contributed by atoms with Crippen LogP contribution in [-0.4, -0.2) is 130 Å². The van der Waals surface area contributed by atoms with Gasteiger partial charge >= 0.3 is 5.97 Å². The quantitative estimate of drug-likeness (QED) is 0.138. The van der Waals surface area contributed by atoms with Crippen molar-refractivity contribution in [1.82, 2.24) is 25.1 Å². The number of aryl methyl sites for hydroxylation is 1. The molecule has 66 heavy (non-hydrogen) atoms. The van der Waals surface area contributed by atoms with Gasteiger partial charge in [-0.25, -0.2) is 9.78 Å². The molecule has 2 aliphatic rings. The van der Waals surface area contributed by atoms with Crippen molar-refractivity contribution in [2.24, 2.45) is 0 Å². The van der Waals surface area contributed by atoms with E-state index in [1.54, 1.807) is 17.0 Å². The molecule has 0 saturated carbocycles. The topological polar surface area (TPSA) is 145 Å². The van der Waals surface area contributed by atoms with E-state index in [1.807, 2.05) is 104 Å². The van der Waals surface area contributed by atoms with Gasteiger partial charge in [-0.2, -0.15) is 0 Å². The fourth-order valence-corrected chi connectivity index (χ4v) is 7.88. The lowest BCUT2D eigenvalue weighted by molar-refractivity contribution is -0.118. The molecule has 2 aliphatic heterocycles. The Balaban J connectivity index is 0.960. The lowest BCUT2D eigenvalue weighted by atomic mass is 9.99. The number of carbonyl (C=O) groups excluding carboxylic acids is 3. The summed E-state index contributed by atoms with van der Waals surface area (Å²) in [5.41, 5.74) is 7.66. The number of hydrogen-bond donors (Lipinski definition) is 1. The van der Waals surface area contributed by atoms with Gasteiger partial charge in [0.1, 0.15) is 5.69 Å². The number of anilines is 1. The predicted molar refractivity (Wildman–Crippen MR) is 250 cm³/mol. The second kappa shape index (κ2) is 24.8. The van der Waals surface area contributed by atoms with Gasteiger partial charge in [0.05, 0.1) is 89.6 Å². The fraction of sp³-hybridized carbons (Fsp3) is 0.365. The van der Waals surface area contributed by atoms with Gasteiger partial charge in [-0.3, -0.25) is 24.4 Å². The number of nitrogens with zero attached hydrogens (tertiary/aromatic N) is 5. The Kier molecular flexibility index (Phi) is 17.9. The van der Waals surface area contributed by atoms with Gasteiger partial charge < -0.3 is 33.9 Å². The highest BCUT2D eigenvalue weighted by atomic mass is 16.5. The predicted octanol–water partition coefficient (Wildman–Crippen LogP) is 5.61. The second-order valence-corrected chi connectivity index (χ2v) is 15.9. The molecule has 0 radical (unpaired) electrons. The number of amides is 2. The van der Waals surface area contributed by atoms with Crippen LogP contribution in [0.3, 0.4) is 0 Å². The molecular formula is C52H58N6O8.